The van der Waals surface area contributed by atoms with Crippen molar-refractivity contribution < 1.29 is 9.53 Å². The number of anilines is 1. The number of hydrogen-bond acceptors (Lipinski definition) is 2. The van der Waals surface area contributed by atoms with Gasteiger partial charge in [0, 0.05) is 11.9 Å². The molecule has 0 aliphatic carbocycles. The number of aryl methyl sites for hydroxylation is 2. The quantitative estimate of drug-likeness (QED) is 0.412. The van der Waals surface area contributed by atoms with E-state index in [0.717, 1.165) is 33.6 Å². The fraction of sp³-hybridized carbons (Fsp3) is 0.179. The zero-order chi connectivity index (χ0) is 22.9. The Morgan fingerprint density at radius 2 is 1.76 bits per heavy atom. The average molecular weight is 438 g/mol. The molecule has 0 saturated carbocycles. The normalized spacial score (nSPS) is 14.8. The van der Waals surface area contributed by atoms with E-state index in [4.69, 9.17) is 4.74 Å². The second-order valence-corrected chi connectivity index (χ2v) is 8.51. The molecule has 1 aromatic heterocycles. The van der Waals surface area contributed by atoms with Crippen molar-refractivity contribution in [2.45, 2.75) is 26.4 Å². The van der Waals surface area contributed by atoms with Crippen molar-refractivity contribution in [1.29, 1.82) is 0 Å². The number of para-hydroxylation sites is 1. The first-order valence-corrected chi connectivity index (χ1v) is 11.1. The molecule has 0 bridgehead atoms. The number of carbonyl (C=O) groups is 1. The lowest BCUT2D eigenvalue weighted by Crippen LogP contribution is -2.38. The number of amides is 2. The fourth-order valence-corrected chi connectivity index (χ4v) is 4.64. The molecule has 1 atom stereocenters. The van der Waals surface area contributed by atoms with E-state index in [-0.39, 0.29) is 12.1 Å². The van der Waals surface area contributed by atoms with Gasteiger partial charge in [0.05, 0.1) is 31.1 Å². The van der Waals surface area contributed by atoms with Crippen LogP contribution in [0.2, 0.25) is 0 Å². The largest absolute Gasteiger partial charge is 0.495 e. The molecule has 0 unspecified atom stereocenters. The zero-order valence-corrected chi connectivity index (χ0v) is 19.1. The van der Waals surface area contributed by atoms with E-state index in [0.29, 0.717) is 18.0 Å². The molecule has 4 aromatic rings. The summed E-state index contributed by atoms with van der Waals surface area (Å²) in [6.07, 6.45) is 2.07. The molecular weight excluding hydrogens is 410 g/mol. The summed E-state index contributed by atoms with van der Waals surface area (Å²) in [5.74, 6) is 0.639. The van der Waals surface area contributed by atoms with E-state index in [1.165, 1.54) is 0 Å². The van der Waals surface area contributed by atoms with Crippen LogP contribution in [0.4, 0.5) is 10.5 Å². The number of benzene rings is 3. The topological polar surface area (TPSA) is 46.5 Å². The Morgan fingerprint density at radius 3 is 2.58 bits per heavy atom. The standard InChI is InChI=1S/C28H27N3O2/c1-19-8-6-10-21(16-19)27-25-12-7-15-30(25)24-11-5-4-9-22(24)18-31(27)28(32)29-23-17-20(2)13-14-26(23)33-3/h4-17,27H,18H2,1-3H3,(H,29,32)/t27-/m0/s1. The third kappa shape index (κ3) is 3.87. The maximum absolute atomic E-state index is 13.9. The maximum atomic E-state index is 13.9. The Balaban J connectivity index is 1.64. The Kier molecular flexibility index (Phi) is 5.38. The van der Waals surface area contributed by atoms with Crippen molar-refractivity contribution in [3.8, 4) is 11.4 Å². The van der Waals surface area contributed by atoms with Crippen LogP contribution in [-0.2, 0) is 6.54 Å². The maximum Gasteiger partial charge on any atom is 0.323 e. The SMILES string of the molecule is COc1ccc(C)cc1NC(=O)N1Cc2ccccc2-n2cccc2[C@@H]1c1cccc(C)c1. The number of nitrogens with zero attached hydrogens (tertiary/aromatic N) is 2. The van der Waals surface area contributed by atoms with Crippen molar-refractivity contribution in [1.82, 2.24) is 9.47 Å². The Labute approximate surface area is 194 Å². The molecule has 0 spiro atoms. The van der Waals surface area contributed by atoms with Gasteiger partial charge >= 0.3 is 6.03 Å². The summed E-state index contributed by atoms with van der Waals surface area (Å²) >= 11 is 0. The molecule has 166 valence electrons. The van der Waals surface area contributed by atoms with Gasteiger partial charge in [0.15, 0.2) is 0 Å². The van der Waals surface area contributed by atoms with E-state index in [1.807, 2.05) is 48.2 Å². The Hall–Kier alpha value is -3.99. The lowest BCUT2D eigenvalue weighted by molar-refractivity contribution is 0.194. The molecule has 33 heavy (non-hydrogen) atoms. The highest BCUT2D eigenvalue weighted by molar-refractivity contribution is 5.92. The minimum atomic E-state index is -0.247. The van der Waals surface area contributed by atoms with Gasteiger partial charge in [-0.15, -0.1) is 0 Å². The van der Waals surface area contributed by atoms with Crippen molar-refractivity contribution >= 4 is 11.7 Å². The van der Waals surface area contributed by atoms with Gasteiger partial charge in [-0.1, -0.05) is 54.1 Å². The van der Waals surface area contributed by atoms with E-state index in [1.54, 1.807) is 7.11 Å². The lowest BCUT2D eigenvalue weighted by atomic mass is 10.00. The molecule has 0 fully saturated rings. The summed E-state index contributed by atoms with van der Waals surface area (Å²) < 4.78 is 7.70. The van der Waals surface area contributed by atoms with Crippen LogP contribution in [0.1, 0.15) is 34.0 Å². The predicted octanol–water partition coefficient (Wildman–Crippen LogP) is 6.24. The molecule has 1 aliphatic rings. The second-order valence-electron chi connectivity index (χ2n) is 8.51. The number of nitrogens with one attached hydrogen (secondary N) is 1. The van der Waals surface area contributed by atoms with E-state index in [9.17, 15) is 4.79 Å². The summed E-state index contributed by atoms with van der Waals surface area (Å²) in [6.45, 7) is 4.56. The molecule has 3 aromatic carbocycles. The molecule has 1 N–H and O–H groups in total. The van der Waals surface area contributed by atoms with Crippen LogP contribution in [0, 0.1) is 13.8 Å². The fourth-order valence-electron chi connectivity index (χ4n) is 4.64. The van der Waals surface area contributed by atoms with Gasteiger partial charge < -0.3 is 19.5 Å². The molecule has 1 aliphatic heterocycles. The monoisotopic (exact) mass is 437 g/mol. The van der Waals surface area contributed by atoms with Crippen LogP contribution in [0.15, 0.2) is 85.1 Å². The van der Waals surface area contributed by atoms with Crippen LogP contribution < -0.4 is 10.1 Å². The second kappa shape index (κ2) is 8.51. The highest BCUT2D eigenvalue weighted by Crippen LogP contribution is 2.37. The van der Waals surface area contributed by atoms with Crippen LogP contribution in [0.5, 0.6) is 5.75 Å². The van der Waals surface area contributed by atoms with Gasteiger partial charge in [0.2, 0.25) is 0 Å². The van der Waals surface area contributed by atoms with Gasteiger partial charge in [-0.25, -0.2) is 4.79 Å². The first-order chi connectivity index (χ1) is 16.0. The third-order valence-corrected chi connectivity index (χ3v) is 6.18. The summed E-state index contributed by atoms with van der Waals surface area (Å²) in [6, 6.07) is 26.2. The molecule has 5 nitrogen and oxygen atoms in total. The number of aromatic nitrogens is 1. The molecule has 5 rings (SSSR count). The number of urea groups is 1. The number of methoxy groups -OCH3 is 1. The van der Waals surface area contributed by atoms with Gasteiger partial charge in [-0.2, -0.15) is 0 Å². The highest BCUT2D eigenvalue weighted by atomic mass is 16.5. The average Bonchev–Trinajstić information content (AvgIpc) is 3.23. The van der Waals surface area contributed by atoms with Gasteiger partial charge in [0.25, 0.3) is 0 Å². The summed E-state index contributed by atoms with van der Waals surface area (Å²) in [4.78, 5) is 15.8. The van der Waals surface area contributed by atoms with Gasteiger partial charge in [-0.3, -0.25) is 0 Å². The third-order valence-electron chi connectivity index (χ3n) is 6.18. The molecule has 0 radical (unpaired) electrons. The van der Waals surface area contributed by atoms with Crippen molar-refractivity contribution in [3.05, 3.63) is 113 Å². The summed E-state index contributed by atoms with van der Waals surface area (Å²) in [5, 5.41) is 3.12. The van der Waals surface area contributed by atoms with Gasteiger partial charge in [0.1, 0.15) is 5.75 Å². The van der Waals surface area contributed by atoms with Gasteiger partial charge in [-0.05, 0) is 60.9 Å². The minimum absolute atomic E-state index is 0.171. The summed E-state index contributed by atoms with van der Waals surface area (Å²) in [7, 11) is 1.62. The molecule has 0 saturated heterocycles. The number of fused-ring (bicyclic) bond motifs is 3. The Bertz CT molecular complexity index is 1320. The summed E-state index contributed by atoms with van der Waals surface area (Å²) in [5.41, 5.74) is 7.20. The Morgan fingerprint density at radius 1 is 0.939 bits per heavy atom. The zero-order valence-electron chi connectivity index (χ0n) is 19.1. The number of hydrogen-bond donors (Lipinski definition) is 1. The molecule has 2 amide bonds. The van der Waals surface area contributed by atoms with Crippen LogP contribution >= 0.6 is 0 Å². The first-order valence-electron chi connectivity index (χ1n) is 11.1. The van der Waals surface area contributed by atoms with E-state index < -0.39 is 0 Å². The smallest absolute Gasteiger partial charge is 0.323 e. The molecule has 2 heterocycles. The predicted molar refractivity (Wildman–Crippen MR) is 131 cm³/mol. The van der Waals surface area contributed by atoms with Crippen molar-refractivity contribution in [2.24, 2.45) is 0 Å². The number of carbonyl (C=O) groups excluding carboxylic acids is 1. The van der Waals surface area contributed by atoms with Crippen molar-refractivity contribution in [3.63, 3.8) is 0 Å². The highest BCUT2D eigenvalue weighted by Gasteiger charge is 2.33. The lowest BCUT2D eigenvalue weighted by Gasteiger charge is -2.31. The van der Waals surface area contributed by atoms with Crippen LogP contribution in [0.3, 0.4) is 0 Å². The van der Waals surface area contributed by atoms with Crippen LogP contribution in [-0.4, -0.2) is 22.6 Å². The van der Waals surface area contributed by atoms with E-state index in [2.05, 4.69) is 65.5 Å². The molecular formula is C28H27N3O2. The molecule has 5 heteroatoms. The van der Waals surface area contributed by atoms with E-state index >= 15 is 0 Å². The first kappa shape index (κ1) is 20.9. The van der Waals surface area contributed by atoms with Crippen LogP contribution in [0.25, 0.3) is 5.69 Å². The van der Waals surface area contributed by atoms with Crippen molar-refractivity contribution in [2.75, 3.05) is 12.4 Å². The number of rotatable bonds is 3. The number of ether oxygens (including phenoxy) is 1. The minimum Gasteiger partial charge on any atom is -0.495 e.